The summed E-state index contributed by atoms with van der Waals surface area (Å²) in [6.45, 7) is 1.94. The van der Waals surface area contributed by atoms with Gasteiger partial charge in [-0.05, 0) is 36.8 Å². The van der Waals surface area contributed by atoms with Gasteiger partial charge in [-0.25, -0.2) is 5.43 Å². The first kappa shape index (κ1) is 15.9. The molecule has 0 aliphatic heterocycles. The van der Waals surface area contributed by atoms with E-state index < -0.39 is 0 Å². The van der Waals surface area contributed by atoms with E-state index >= 15 is 0 Å². The number of anilines is 1. The van der Waals surface area contributed by atoms with E-state index in [2.05, 4.69) is 15.8 Å². The molecule has 0 saturated carbocycles. The molecule has 2 rings (SSSR count). The van der Waals surface area contributed by atoms with Gasteiger partial charge in [0.1, 0.15) is 5.75 Å². The second-order valence-corrected chi connectivity index (χ2v) is 5.03. The van der Waals surface area contributed by atoms with E-state index in [1.54, 1.807) is 30.3 Å². The van der Waals surface area contributed by atoms with Crippen LogP contribution in [0.4, 0.5) is 5.69 Å². The topological polar surface area (TPSA) is 73.7 Å². The van der Waals surface area contributed by atoms with Gasteiger partial charge in [0.05, 0.1) is 12.8 Å². The van der Waals surface area contributed by atoms with E-state index in [4.69, 9.17) is 11.6 Å². The molecule has 6 heteroatoms. The van der Waals surface area contributed by atoms with Crippen LogP contribution in [-0.2, 0) is 4.79 Å². The summed E-state index contributed by atoms with van der Waals surface area (Å²) in [5, 5.41) is 17.0. The number of nitrogens with zero attached hydrogens (tertiary/aromatic N) is 1. The summed E-state index contributed by atoms with van der Waals surface area (Å²) < 4.78 is 0. The van der Waals surface area contributed by atoms with Crippen molar-refractivity contribution in [1.29, 1.82) is 0 Å². The molecule has 0 atom stereocenters. The molecule has 2 aromatic carbocycles. The van der Waals surface area contributed by atoms with Crippen LogP contribution in [-0.4, -0.2) is 23.8 Å². The molecule has 5 nitrogen and oxygen atoms in total. The highest BCUT2D eigenvalue weighted by Crippen LogP contribution is 2.22. The summed E-state index contributed by atoms with van der Waals surface area (Å²) in [4.78, 5) is 11.7. The number of aromatic hydroxyl groups is 1. The fraction of sp³-hybridized carbons (Fsp3) is 0.125. The van der Waals surface area contributed by atoms with Gasteiger partial charge in [0.15, 0.2) is 0 Å². The Morgan fingerprint density at radius 2 is 2.05 bits per heavy atom. The zero-order chi connectivity index (χ0) is 15.9. The summed E-state index contributed by atoms with van der Waals surface area (Å²) in [5.41, 5.74) is 4.60. The van der Waals surface area contributed by atoms with Gasteiger partial charge in [0.25, 0.3) is 5.91 Å². The van der Waals surface area contributed by atoms with Gasteiger partial charge < -0.3 is 10.4 Å². The standard InChI is InChI=1S/C16H16ClN3O2/c1-11-13(17)6-4-7-14(11)18-10-16(22)20-19-9-12-5-2-3-8-15(12)21/h2-9,18,21H,10H2,1H3,(H,20,22)/b19-9+. The van der Waals surface area contributed by atoms with Crippen LogP contribution in [0.15, 0.2) is 47.6 Å². The first-order valence-electron chi connectivity index (χ1n) is 6.67. The van der Waals surface area contributed by atoms with Crippen molar-refractivity contribution in [3.05, 3.63) is 58.6 Å². The summed E-state index contributed by atoms with van der Waals surface area (Å²) in [7, 11) is 0. The lowest BCUT2D eigenvalue weighted by atomic mass is 10.2. The van der Waals surface area contributed by atoms with Crippen molar-refractivity contribution in [1.82, 2.24) is 5.43 Å². The molecule has 1 amide bonds. The third-order valence-corrected chi connectivity index (χ3v) is 3.45. The lowest BCUT2D eigenvalue weighted by Crippen LogP contribution is -2.26. The maximum absolute atomic E-state index is 11.7. The van der Waals surface area contributed by atoms with Crippen LogP contribution in [0.25, 0.3) is 0 Å². The Morgan fingerprint density at radius 1 is 1.27 bits per heavy atom. The van der Waals surface area contributed by atoms with Crippen LogP contribution in [0.5, 0.6) is 5.75 Å². The highest BCUT2D eigenvalue weighted by Gasteiger charge is 2.04. The molecule has 0 radical (unpaired) electrons. The molecule has 0 fully saturated rings. The molecule has 2 aromatic rings. The zero-order valence-electron chi connectivity index (χ0n) is 12.0. The molecule has 0 spiro atoms. The number of phenolic OH excluding ortho intramolecular Hbond substituents is 1. The molecule has 0 aliphatic rings. The number of benzene rings is 2. The van der Waals surface area contributed by atoms with E-state index in [0.29, 0.717) is 10.6 Å². The Balaban J connectivity index is 1.86. The number of hydrogen-bond acceptors (Lipinski definition) is 4. The molecule has 0 aromatic heterocycles. The second kappa shape index (κ2) is 7.47. The number of hydrazone groups is 1. The van der Waals surface area contributed by atoms with Crippen molar-refractivity contribution in [2.75, 3.05) is 11.9 Å². The van der Waals surface area contributed by atoms with Crippen LogP contribution in [0, 0.1) is 6.92 Å². The van der Waals surface area contributed by atoms with E-state index in [1.807, 2.05) is 19.1 Å². The predicted octanol–water partition coefficient (Wildman–Crippen LogP) is 2.92. The Labute approximate surface area is 133 Å². The van der Waals surface area contributed by atoms with Crippen LogP contribution in [0.1, 0.15) is 11.1 Å². The summed E-state index contributed by atoms with van der Waals surface area (Å²) in [5.74, 6) is -0.195. The number of halogens is 1. The number of rotatable bonds is 5. The molecule has 114 valence electrons. The Kier molecular flexibility index (Phi) is 5.38. The van der Waals surface area contributed by atoms with Crippen molar-refractivity contribution in [3.63, 3.8) is 0 Å². The van der Waals surface area contributed by atoms with E-state index in [1.165, 1.54) is 6.21 Å². The van der Waals surface area contributed by atoms with Crippen molar-refractivity contribution >= 4 is 29.4 Å². The summed E-state index contributed by atoms with van der Waals surface area (Å²) in [6.07, 6.45) is 1.39. The third-order valence-electron chi connectivity index (χ3n) is 3.04. The van der Waals surface area contributed by atoms with E-state index in [0.717, 1.165) is 11.3 Å². The average Bonchev–Trinajstić information content (AvgIpc) is 2.51. The molecule has 0 unspecified atom stereocenters. The minimum atomic E-state index is -0.300. The molecule has 0 saturated heterocycles. The van der Waals surface area contributed by atoms with Crippen molar-refractivity contribution in [3.8, 4) is 5.75 Å². The van der Waals surface area contributed by atoms with Crippen LogP contribution in [0.2, 0.25) is 5.02 Å². The maximum Gasteiger partial charge on any atom is 0.259 e. The molecule has 0 bridgehead atoms. The summed E-state index contributed by atoms with van der Waals surface area (Å²) in [6, 6.07) is 12.2. The number of amides is 1. The highest BCUT2D eigenvalue weighted by atomic mass is 35.5. The first-order valence-corrected chi connectivity index (χ1v) is 7.04. The number of hydrogen-bond donors (Lipinski definition) is 3. The number of nitrogens with one attached hydrogen (secondary N) is 2. The maximum atomic E-state index is 11.7. The SMILES string of the molecule is Cc1c(Cl)cccc1NCC(=O)N/N=C/c1ccccc1O. The molecule has 0 heterocycles. The van der Waals surface area contributed by atoms with Gasteiger partial charge in [-0.2, -0.15) is 5.10 Å². The number of para-hydroxylation sites is 1. The largest absolute Gasteiger partial charge is 0.507 e. The van der Waals surface area contributed by atoms with E-state index in [-0.39, 0.29) is 18.2 Å². The Bertz CT molecular complexity index is 702. The number of carbonyl (C=O) groups is 1. The van der Waals surface area contributed by atoms with Gasteiger partial charge in [0.2, 0.25) is 0 Å². The van der Waals surface area contributed by atoms with Crippen LogP contribution in [0.3, 0.4) is 0 Å². The molecule has 3 N–H and O–H groups in total. The minimum Gasteiger partial charge on any atom is -0.507 e. The normalized spacial score (nSPS) is 10.6. The fourth-order valence-corrected chi connectivity index (χ4v) is 1.96. The molecule has 0 aliphatic carbocycles. The van der Waals surface area contributed by atoms with Crippen LogP contribution < -0.4 is 10.7 Å². The predicted molar refractivity (Wildman–Crippen MR) is 88.5 cm³/mol. The molecular weight excluding hydrogens is 302 g/mol. The minimum absolute atomic E-state index is 0.0687. The van der Waals surface area contributed by atoms with Crippen LogP contribution >= 0.6 is 11.6 Å². The Hall–Kier alpha value is -2.53. The van der Waals surface area contributed by atoms with Crippen molar-refractivity contribution in [2.24, 2.45) is 5.10 Å². The van der Waals surface area contributed by atoms with Gasteiger partial charge in [-0.1, -0.05) is 29.8 Å². The summed E-state index contributed by atoms with van der Waals surface area (Å²) >= 11 is 6.01. The average molecular weight is 318 g/mol. The molecule has 22 heavy (non-hydrogen) atoms. The zero-order valence-corrected chi connectivity index (χ0v) is 12.8. The highest BCUT2D eigenvalue weighted by molar-refractivity contribution is 6.31. The van der Waals surface area contributed by atoms with Gasteiger partial charge >= 0.3 is 0 Å². The lowest BCUT2D eigenvalue weighted by Gasteiger charge is -2.09. The quantitative estimate of drug-likeness (QED) is 0.586. The number of carbonyl (C=O) groups excluding carboxylic acids is 1. The molecular formula is C16H16ClN3O2. The third kappa shape index (κ3) is 4.23. The Morgan fingerprint density at radius 3 is 2.82 bits per heavy atom. The number of phenols is 1. The monoisotopic (exact) mass is 317 g/mol. The smallest absolute Gasteiger partial charge is 0.259 e. The second-order valence-electron chi connectivity index (χ2n) is 4.62. The lowest BCUT2D eigenvalue weighted by molar-refractivity contribution is -0.119. The van der Waals surface area contributed by atoms with Crippen molar-refractivity contribution < 1.29 is 9.90 Å². The van der Waals surface area contributed by atoms with Gasteiger partial charge in [-0.3, -0.25) is 4.79 Å². The fourth-order valence-electron chi connectivity index (χ4n) is 1.78. The first-order chi connectivity index (χ1) is 10.6. The van der Waals surface area contributed by atoms with Gasteiger partial charge in [-0.15, -0.1) is 0 Å². The van der Waals surface area contributed by atoms with E-state index in [9.17, 15) is 9.90 Å². The van der Waals surface area contributed by atoms with Gasteiger partial charge in [0, 0.05) is 16.3 Å². The van der Waals surface area contributed by atoms with Crippen molar-refractivity contribution in [2.45, 2.75) is 6.92 Å².